The van der Waals surface area contributed by atoms with E-state index < -0.39 is 27.8 Å². The van der Waals surface area contributed by atoms with Crippen LogP contribution in [0.4, 0.5) is 0 Å². The average Bonchev–Trinajstić information content (AvgIpc) is 3.22. The summed E-state index contributed by atoms with van der Waals surface area (Å²) in [6.07, 6.45) is 3.00. The highest BCUT2D eigenvalue weighted by Crippen LogP contribution is 2.52. The normalized spacial score (nSPS) is 25.1. The van der Waals surface area contributed by atoms with Crippen molar-refractivity contribution in [2.45, 2.75) is 51.0 Å². The number of sulfone groups is 1. The molecule has 4 rings (SSSR count). The Kier molecular flexibility index (Phi) is 4.83. The van der Waals surface area contributed by atoms with Gasteiger partial charge in [-0.25, -0.2) is 18.2 Å². The minimum atomic E-state index is -3.52. The van der Waals surface area contributed by atoms with Gasteiger partial charge < -0.3 is 14.7 Å². The highest BCUT2D eigenvalue weighted by atomic mass is 32.2. The number of carbonyl (C=O) groups is 2. The monoisotopic (exact) mass is 453 g/mol. The van der Waals surface area contributed by atoms with Crippen molar-refractivity contribution in [2.75, 3.05) is 6.26 Å². The quantitative estimate of drug-likeness (QED) is 0.536. The molecular weight excluding hydrogens is 430 g/mol. The Morgan fingerprint density at radius 1 is 1.33 bits per heavy atom. The summed E-state index contributed by atoms with van der Waals surface area (Å²) in [5, 5.41) is 10.1. The van der Waals surface area contributed by atoms with E-state index >= 15 is 0 Å². The summed E-state index contributed by atoms with van der Waals surface area (Å²) < 4.78 is 31.1. The maximum atomic E-state index is 12.9. The molecule has 1 saturated heterocycles. The summed E-state index contributed by atoms with van der Waals surface area (Å²) in [7, 11) is -3.52. The van der Waals surface area contributed by atoms with Gasteiger partial charge >= 0.3 is 5.97 Å². The lowest BCUT2D eigenvalue weighted by molar-refractivity contribution is -0.165. The van der Waals surface area contributed by atoms with Crippen molar-refractivity contribution in [3.8, 4) is 0 Å². The molecule has 0 radical (unpaired) electrons. The highest BCUT2D eigenvalue weighted by molar-refractivity contribution is 7.91. The maximum Gasteiger partial charge on any atom is 0.355 e. The lowest BCUT2D eigenvalue weighted by atomic mass is 9.77. The van der Waals surface area contributed by atoms with Crippen LogP contribution < -0.4 is 0 Å². The van der Waals surface area contributed by atoms with E-state index in [2.05, 4.69) is 4.98 Å². The number of aliphatic hydroxyl groups excluding tert-OH is 1. The van der Waals surface area contributed by atoms with Crippen LogP contribution in [0.15, 0.2) is 23.2 Å². The molecule has 9 nitrogen and oxygen atoms in total. The van der Waals surface area contributed by atoms with Crippen molar-refractivity contribution < 1.29 is 27.9 Å². The van der Waals surface area contributed by atoms with E-state index in [4.69, 9.17) is 4.74 Å². The van der Waals surface area contributed by atoms with Gasteiger partial charge in [-0.3, -0.25) is 9.20 Å². The van der Waals surface area contributed by atoms with E-state index in [0.29, 0.717) is 15.3 Å². The van der Waals surface area contributed by atoms with Crippen molar-refractivity contribution in [3.63, 3.8) is 0 Å². The van der Waals surface area contributed by atoms with Gasteiger partial charge in [-0.1, -0.05) is 6.92 Å². The van der Waals surface area contributed by atoms with Crippen LogP contribution in [0.25, 0.3) is 10.4 Å². The third-order valence-electron chi connectivity index (χ3n) is 5.50. The predicted molar refractivity (Wildman–Crippen MR) is 109 cm³/mol. The molecule has 1 amide bonds. The van der Waals surface area contributed by atoms with Crippen LogP contribution in [-0.2, 0) is 24.2 Å². The Morgan fingerprint density at radius 3 is 2.57 bits per heavy atom. The number of hydrogen-bond acceptors (Lipinski definition) is 8. The first-order valence-corrected chi connectivity index (χ1v) is 12.3. The third-order valence-corrected chi connectivity index (χ3v) is 7.78. The zero-order valence-corrected chi connectivity index (χ0v) is 18.8. The van der Waals surface area contributed by atoms with Gasteiger partial charge in [-0.05, 0) is 20.8 Å². The lowest BCUT2D eigenvalue weighted by Gasteiger charge is -2.46. The van der Waals surface area contributed by atoms with Gasteiger partial charge in [0.15, 0.2) is 14.9 Å². The molecule has 0 aromatic carbocycles. The van der Waals surface area contributed by atoms with E-state index in [-0.39, 0.29) is 34.7 Å². The smallest absolute Gasteiger partial charge is 0.355 e. The fraction of sp³-hybridized carbons (Fsp3) is 0.526. The highest BCUT2D eigenvalue weighted by Gasteiger charge is 2.60. The Bertz CT molecular complexity index is 1190. The molecule has 11 heteroatoms. The molecule has 2 aromatic rings. The Labute approximate surface area is 177 Å². The summed E-state index contributed by atoms with van der Waals surface area (Å²) in [6.45, 7) is 6.92. The number of fused-ring (bicyclic) bond motifs is 2. The first-order chi connectivity index (χ1) is 13.9. The molecule has 4 heterocycles. The van der Waals surface area contributed by atoms with Crippen LogP contribution in [0.5, 0.6) is 0 Å². The number of aromatic nitrogens is 2. The van der Waals surface area contributed by atoms with Crippen LogP contribution in [0.3, 0.4) is 0 Å². The number of imidazole rings is 1. The van der Waals surface area contributed by atoms with Gasteiger partial charge in [0.05, 0.1) is 29.0 Å². The van der Waals surface area contributed by atoms with Crippen LogP contribution in [0.2, 0.25) is 0 Å². The molecule has 162 valence electrons. The van der Waals surface area contributed by atoms with E-state index in [1.807, 2.05) is 6.92 Å². The molecule has 2 aliphatic rings. The molecule has 2 aliphatic heterocycles. The number of rotatable bonds is 5. The molecule has 2 aromatic heterocycles. The number of thiazole rings is 1. The molecule has 1 N–H and O–H groups in total. The van der Waals surface area contributed by atoms with Gasteiger partial charge in [0, 0.05) is 23.9 Å². The van der Waals surface area contributed by atoms with Crippen molar-refractivity contribution in [1.29, 1.82) is 0 Å². The summed E-state index contributed by atoms with van der Waals surface area (Å²) in [6, 6.07) is -0.351. The molecule has 0 spiro atoms. The van der Waals surface area contributed by atoms with E-state index in [0.717, 1.165) is 6.26 Å². The van der Waals surface area contributed by atoms with E-state index in [1.165, 1.54) is 22.6 Å². The molecule has 0 aliphatic carbocycles. The zero-order valence-electron chi connectivity index (χ0n) is 17.2. The predicted octanol–water partition coefficient (Wildman–Crippen LogP) is 1.32. The van der Waals surface area contributed by atoms with Gasteiger partial charge in [-0.2, -0.15) is 0 Å². The molecule has 1 fully saturated rings. The fourth-order valence-electron chi connectivity index (χ4n) is 4.31. The Morgan fingerprint density at radius 2 is 2.00 bits per heavy atom. The SMILES string of the molecule is CC(C)OC(=O)C1=C(c2cn3cnc(S(C)(=O)=O)c3s2)[C@H](C)[C@@H]2[C@@H]([C@@H](C)O)C(=O)N12. The number of β-lactam (4-membered cyclic amide) rings is 1. The second-order valence-electron chi connectivity index (χ2n) is 8.10. The molecular formula is C19H23N3O6S2. The number of ether oxygens (including phenoxy) is 1. The fourth-order valence-corrected chi connectivity index (χ4v) is 6.66. The van der Waals surface area contributed by atoms with Gasteiger partial charge in [-0.15, -0.1) is 11.3 Å². The van der Waals surface area contributed by atoms with Crippen LogP contribution in [0, 0.1) is 11.8 Å². The molecule has 0 unspecified atom stereocenters. The third kappa shape index (κ3) is 2.98. The minimum absolute atomic E-state index is 0.0301. The van der Waals surface area contributed by atoms with Crippen molar-refractivity contribution in [2.24, 2.45) is 11.8 Å². The Balaban J connectivity index is 1.88. The number of hydrogen-bond donors (Lipinski definition) is 1. The maximum absolute atomic E-state index is 12.9. The van der Waals surface area contributed by atoms with Crippen molar-refractivity contribution in [3.05, 3.63) is 23.1 Å². The van der Waals surface area contributed by atoms with Gasteiger partial charge in [0.25, 0.3) is 0 Å². The topological polar surface area (TPSA) is 118 Å². The summed E-state index contributed by atoms with van der Waals surface area (Å²) in [4.78, 5) is 32.2. The first kappa shape index (κ1) is 21.0. The van der Waals surface area contributed by atoms with Crippen molar-refractivity contribution in [1.82, 2.24) is 14.3 Å². The van der Waals surface area contributed by atoms with Crippen LogP contribution in [-0.4, -0.2) is 64.2 Å². The zero-order chi connectivity index (χ0) is 22.1. The molecule has 0 bridgehead atoms. The number of esters is 1. The van der Waals surface area contributed by atoms with Crippen molar-refractivity contribution >= 4 is 43.5 Å². The number of nitrogens with zero attached hydrogens (tertiary/aromatic N) is 3. The first-order valence-electron chi connectivity index (χ1n) is 9.56. The standard InChI is InChI=1S/C19H23N3O6S2/c1-8(2)28-19(25)15-12(9(3)14-13(10(4)23)17(24)22(14)15)11-6-21-7-20-16(18(21)29-11)30(5,26)27/h6-10,13-14,23H,1-5H3/t9-,10+,13+,14+/m0/s1. The molecule has 30 heavy (non-hydrogen) atoms. The summed E-state index contributed by atoms with van der Waals surface area (Å²) in [5.74, 6) is -1.76. The van der Waals surface area contributed by atoms with E-state index in [9.17, 15) is 23.1 Å². The summed E-state index contributed by atoms with van der Waals surface area (Å²) >= 11 is 1.20. The number of aliphatic hydroxyl groups is 1. The molecule has 4 atom stereocenters. The number of carbonyl (C=O) groups excluding carboxylic acids is 2. The van der Waals surface area contributed by atoms with Gasteiger partial charge in [0.1, 0.15) is 16.9 Å². The van der Waals surface area contributed by atoms with Crippen LogP contribution >= 0.6 is 11.3 Å². The van der Waals surface area contributed by atoms with Crippen LogP contribution in [0.1, 0.15) is 32.6 Å². The van der Waals surface area contributed by atoms with Gasteiger partial charge in [0.2, 0.25) is 5.91 Å². The lowest BCUT2D eigenvalue weighted by Crippen LogP contribution is -2.63. The second-order valence-corrected chi connectivity index (χ2v) is 11.1. The average molecular weight is 454 g/mol. The largest absolute Gasteiger partial charge is 0.458 e. The minimum Gasteiger partial charge on any atom is -0.458 e. The molecule has 0 saturated carbocycles. The second kappa shape index (κ2) is 6.89. The summed E-state index contributed by atoms with van der Waals surface area (Å²) in [5.41, 5.74) is 0.789. The Hall–Kier alpha value is -2.24. The van der Waals surface area contributed by atoms with E-state index in [1.54, 1.807) is 31.4 Å². The number of amides is 1.